The predicted octanol–water partition coefficient (Wildman–Crippen LogP) is 2.61. The van der Waals surface area contributed by atoms with Crippen LogP contribution in [-0.2, 0) is 0 Å². The fourth-order valence-electron chi connectivity index (χ4n) is 1.75. The maximum Gasteiger partial charge on any atom is 0.329 e. The van der Waals surface area contributed by atoms with E-state index in [2.05, 4.69) is 36.6 Å². The second-order valence-corrected chi connectivity index (χ2v) is 5.17. The summed E-state index contributed by atoms with van der Waals surface area (Å²) >= 11 is 3.39. The molecular formula is C12H13BrN6O2. The summed E-state index contributed by atoms with van der Waals surface area (Å²) in [4.78, 5) is 18.2. The Balaban J connectivity index is 2.31. The molecule has 0 amide bonds. The number of nitrogens with two attached hydrogens (primary N) is 1. The summed E-state index contributed by atoms with van der Waals surface area (Å²) in [6, 6.07) is 7.45. The number of nitro groups is 1. The van der Waals surface area contributed by atoms with Crippen LogP contribution in [0.5, 0.6) is 0 Å². The topological polar surface area (TPSA) is 119 Å². The molecule has 0 aliphatic heterocycles. The summed E-state index contributed by atoms with van der Waals surface area (Å²) < 4.78 is 0.926. The molecule has 0 fully saturated rings. The molecule has 21 heavy (non-hydrogen) atoms. The lowest BCUT2D eigenvalue weighted by molar-refractivity contribution is -0.384. The number of rotatable bonds is 5. The SMILES string of the molecule is CC(Nc1nc(NN)ncc1[N+](=O)[O-])c1cccc(Br)c1. The normalized spacial score (nSPS) is 11.8. The van der Waals surface area contributed by atoms with Crippen molar-refractivity contribution in [3.05, 3.63) is 50.6 Å². The minimum absolute atomic E-state index is 0.101. The van der Waals surface area contributed by atoms with Gasteiger partial charge in [-0.2, -0.15) is 4.98 Å². The van der Waals surface area contributed by atoms with Crippen molar-refractivity contribution < 1.29 is 4.92 Å². The zero-order chi connectivity index (χ0) is 15.4. The molecule has 1 heterocycles. The van der Waals surface area contributed by atoms with Crippen LogP contribution in [0.3, 0.4) is 0 Å². The van der Waals surface area contributed by atoms with Crippen LogP contribution in [0, 0.1) is 10.1 Å². The van der Waals surface area contributed by atoms with Gasteiger partial charge in [0.05, 0.1) is 11.0 Å². The van der Waals surface area contributed by atoms with Gasteiger partial charge in [0.25, 0.3) is 0 Å². The summed E-state index contributed by atoms with van der Waals surface area (Å²) in [6.07, 6.45) is 1.11. The van der Waals surface area contributed by atoms with Gasteiger partial charge < -0.3 is 5.32 Å². The van der Waals surface area contributed by atoms with Crippen LogP contribution in [0.25, 0.3) is 0 Å². The predicted molar refractivity (Wildman–Crippen MR) is 82.7 cm³/mol. The smallest absolute Gasteiger partial charge is 0.329 e. The molecule has 0 saturated carbocycles. The van der Waals surface area contributed by atoms with Crippen molar-refractivity contribution in [2.24, 2.45) is 5.84 Å². The van der Waals surface area contributed by atoms with Gasteiger partial charge in [-0.15, -0.1) is 0 Å². The molecule has 2 rings (SSSR count). The molecule has 1 atom stereocenters. The quantitative estimate of drug-likeness (QED) is 0.429. The highest BCUT2D eigenvalue weighted by atomic mass is 79.9. The maximum absolute atomic E-state index is 11.0. The standard InChI is InChI=1S/C12H13BrN6O2/c1-7(8-3-2-4-9(13)5-8)16-11-10(19(20)21)6-15-12(17-11)18-14/h2-7H,14H2,1H3,(H2,15,16,17,18). The molecule has 4 N–H and O–H groups in total. The number of nitrogens with zero attached hydrogens (tertiary/aromatic N) is 3. The van der Waals surface area contributed by atoms with Crippen molar-refractivity contribution in [1.29, 1.82) is 0 Å². The number of hydrogen-bond acceptors (Lipinski definition) is 7. The van der Waals surface area contributed by atoms with Crippen molar-refractivity contribution in [3.63, 3.8) is 0 Å². The Kier molecular flexibility index (Phi) is 4.66. The third-order valence-electron chi connectivity index (χ3n) is 2.80. The van der Waals surface area contributed by atoms with Gasteiger partial charge in [0.15, 0.2) is 0 Å². The number of nitrogens with one attached hydrogen (secondary N) is 2. The number of halogens is 1. The van der Waals surface area contributed by atoms with Crippen LogP contribution >= 0.6 is 15.9 Å². The van der Waals surface area contributed by atoms with E-state index in [0.717, 1.165) is 16.2 Å². The lowest BCUT2D eigenvalue weighted by atomic mass is 10.1. The van der Waals surface area contributed by atoms with E-state index in [1.165, 1.54) is 0 Å². The Morgan fingerprint density at radius 2 is 2.24 bits per heavy atom. The van der Waals surface area contributed by atoms with Gasteiger partial charge in [-0.3, -0.25) is 15.5 Å². The summed E-state index contributed by atoms with van der Waals surface area (Å²) in [5.74, 6) is 5.44. The van der Waals surface area contributed by atoms with Crippen molar-refractivity contribution in [2.75, 3.05) is 10.7 Å². The zero-order valence-electron chi connectivity index (χ0n) is 11.1. The summed E-state index contributed by atoms with van der Waals surface area (Å²) in [6.45, 7) is 1.88. The molecule has 0 aliphatic rings. The van der Waals surface area contributed by atoms with Gasteiger partial charge in [-0.1, -0.05) is 28.1 Å². The van der Waals surface area contributed by atoms with Gasteiger partial charge in [0, 0.05) is 4.47 Å². The molecule has 9 heteroatoms. The fourth-order valence-corrected chi connectivity index (χ4v) is 2.17. The van der Waals surface area contributed by atoms with Crippen molar-refractivity contribution in [2.45, 2.75) is 13.0 Å². The van der Waals surface area contributed by atoms with Gasteiger partial charge in [0.2, 0.25) is 11.8 Å². The fraction of sp³-hybridized carbons (Fsp3) is 0.167. The van der Waals surface area contributed by atoms with E-state index in [-0.39, 0.29) is 23.5 Å². The number of benzene rings is 1. The Morgan fingerprint density at radius 1 is 1.48 bits per heavy atom. The Hall–Kier alpha value is -2.26. The molecule has 1 aromatic heterocycles. The van der Waals surface area contributed by atoms with E-state index in [1.54, 1.807) is 0 Å². The Labute approximate surface area is 129 Å². The molecule has 1 unspecified atom stereocenters. The Bertz CT molecular complexity index is 666. The number of anilines is 2. The lowest BCUT2D eigenvalue weighted by Crippen LogP contribution is -2.14. The second kappa shape index (κ2) is 6.46. The van der Waals surface area contributed by atoms with Crippen LogP contribution in [0.4, 0.5) is 17.5 Å². The monoisotopic (exact) mass is 352 g/mol. The molecular weight excluding hydrogens is 340 g/mol. The van der Waals surface area contributed by atoms with Gasteiger partial charge in [-0.05, 0) is 24.6 Å². The first-order valence-electron chi connectivity index (χ1n) is 6.01. The van der Waals surface area contributed by atoms with Crippen LogP contribution in [0.1, 0.15) is 18.5 Å². The average molecular weight is 353 g/mol. The van der Waals surface area contributed by atoms with E-state index in [1.807, 2.05) is 31.2 Å². The minimum atomic E-state index is -0.545. The molecule has 0 saturated heterocycles. The first-order valence-corrected chi connectivity index (χ1v) is 6.80. The van der Waals surface area contributed by atoms with E-state index in [4.69, 9.17) is 5.84 Å². The highest BCUT2D eigenvalue weighted by Gasteiger charge is 2.19. The van der Waals surface area contributed by atoms with Crippen molar-refractivity contribution >= 4 is 33.4 Å². The molecule has 0 spiro atoms. The lowest BCUT2D eigenvalue weighted by Gasteiger charge is -2.15. The van der Waals surface area contributed by atoms with E-state index < -0.39 is 4.92 Å². The van der Waals surface area contributed by atoms with E-state index >= 15 is 0 Å². The van der Waals surface area contributed by atoms with Gasteiger partial charge in [-0.25, -0.2) is 10.8 Å². The number of hydrogen-bond donors (Lipinski definition) is 3. The van der Waals surface area contributed by atoms with E-state index in [9.17, 15) is 10.1 Å². The van der Waals surface area contributed by atoms with Crippen molar-refractivity contribution in [1.82, 2.24) is 9.97 Å². The molecule has 2 aromatic rings. The van der Waals surface area contributed by atoms with Crippen LogP contribution in [-0.4, -0.2) is 14.9 Å². The Morgan fingerprint density at radius 3 is 2.86 bits per heavy atom. The number of nitrogen functional groups attached to an aromatic ring is 1. The van der Waals surface area contributed by atoms with Gasteiger partial charge in [0.1, 0.15) is 6.20 Å². The minimum Gasteiger partial charge on any atom is -0.358 e. The largest absolute Gasteiger partial charge is 0.358 e. The average Bonchev–Trinajstić information content (AvgIpc) is 2.46. The first kappa shape index (κ1) is 15.1. The molecule has 0 bridgehead atoms. The molecule has 110 valence electrons. The van der Waals surface area contributed by atoms with Crippen molar-refractivity contribution in [3.8, 4) is 0 Å². The van der Waals surface area contributed by atoms with Crippen LogP contribution in [0.15, 0.2) is 34.9 Å². The molecule has 1 aromatic carbocycles. The van der Waals surface area contributed by atoms with E-state index in [0.29, 0.717) is 0 Å². The molecule has 0 radical (unpaired) electrons. The number of aromatic nitrogens is 2. The zero-order valence-corrected chi connectivity index (χ0v) is 12.7. The molecule has 8 nitrogen and oxygen atoms in total. The third kappa shape index (κ3) is 3.64. The highest BCUT2D eigenvalue weighted by Crippen LogP contribution is 2.27. The van der Waals surface area contributed by atoms with Crippen LogP contribution in [0.2, 0.25) is 0 Å². The third-order valence-corrected chi connectivity index (χ3v) is 3.29. The summed E-state index contributed by atoms with van der Waals surface area (Å²) in [5, 5.41) is 14.0. The summed E-state index contributed by atoms with van der Waals surface area (Å²) in [5.41, 5.74) is 3.01. The first-order chi connectivity index (χ1) is 10.0. The highest BCUT2D eigenvalue weighted by molar-refractivity contribution is 9.10. The number of hydrazine groups is 1. The second-order valence-electron chi connectivity index (χ2n) is 4.25. The maximum atomic E-state index is 11.0. The van der Waals surface area contributed by atoms with Gasteiger partial charge >= 0.3 is 5.69 Å². The summed E-state index contributed by atoms with van der Waals surface area (Å²) in [7, 11) is 0. The van der Waals surface area contributed by atoms with Crippen LogP contribution < -0.4 is 16.6 Å². The molecule has 0 aliphatic carbocycles.